The van der Waals surface area contributed by atoms with Crippen LogP contribution in [0.5, 0.6) is 0 Å². The predicted octanol–water partition coefficient (Wildman–Crippen LogP) is 3.99. The van der Waals surface area contributed by atoms with Gasteiger partial charge in [-0.2, -0.15) is 0 Å². The molecule has 0 aliphatic rings. The molecule has 2 N–H and O–H groups in total. The number of thioether (sulfide) groups is 1. The van der Waals surface area contributed by atoms with E-state index in [0.29, 0.717) is 10.8 Å². The summed E-state index contributed by atoms with van der Waals surface area (Å²) < 4.78 is 15.1. The second-order valence-corrected chi connectivity index (χ2v) is 7.71. The molecule has 0 aliphatic carbocycles. The predicted molar refractivity (Wildman–Crippen MR) is 106 cm³/mol. The molecule has 0 saturated carbocycles. The summed E-state index contributed by atoms with van der Waals surface area (Å²) in [4.78, 5) is 20.0. The van der Waals surface area contributed by atoms with E-state index in [9.17, 15) is 9.18 Å². The summed E-state index contributed by atoms with van der Waals surface area (Å²) in [6.45, 7) is 0. The molecule has 0 aliphatic heterocycles. The molecule has 4 aromatic rings. The minimum Gasteiger partial charge on any atom is -0.301 e. The lowest BCUT2D eigenvalue weighted by atomic mass is 10.2. The fourth-order valence-electron chi connectivity index (χ4n) is 2.69. The molecular formula is C19H16FN4OS2+. The van der Waals surface area contributed by atoms with Crippen LogP contribution in [0.1, 0.15) is 0 Å². The number of aromatic nitrogens is 3. The smallest absolute Gasteiger partial charge is 0.301 e. The van der Waals surface area contributed by atoms with Crippen molar-refractivity contribution in [2.45, 2.75) is 5.16 Å². The summed E-state index contributed by atoms with van der Waals surface area (Å²) >= 11 is 2.78. The van der Waals surface area contributed by atoms with Gasteiger partial charge in [0.1, 0.15) is 5.82 Å². The van der Waals surface area contributed by atoms with Crippen molar-refractivity contribution in [3.8, 4) is 11.3 Å². The molecule has 0 atom stereocenters. The molecule has 0 spiro atoms. The summed E-state index contributed by atoms with van der Waals surface area (Å²) in [7, 11) is 1.97. The Morgan fingerprint density at radius 3 is 2.81 bits per heavy atom. The Morgan fingerprint density at radius 2 is 2.04 bits per heavy atom. The molecule has 2 aromatic heterocycles. The lowest BCUT2D eigenvalue weighted by Crippen LogP contribution is -2.29. The monoisotopic (exact) mass is 399 g/mol. The second-order valence-electron chi connectivity index (χ2n) is 5.89. The van der Waals surface area contributed by atoms with Crippen LogP contribution >= 0.6 is 23.1 Å². The number of hydrogen-bond donors (Lipinski definition) is 2. The average molecular weight is 399 g/mol. The zero-order valence-electron chi connectivity index (χ0n) is 14.4. The largest absolute Gasteiger partial charge is 0.317 e. The standard InChI is InChI=1S/C19H15FN4OS2/c1-24-16-5-3-2-4-14(16)22-19(24)27-11-17(25)23-18-21-15(10-26-18)12-6-8-13(20)9-7-12/h2-10H,11H2,1H3,(H,21,23,25)/p+1. The highest BCUT2D eigenvalue weighted by atomic mass is 32.2. The van der Waals surface area contributed by atoms with Gasteiger partial charge in [0.15, 0.2) is 16.2 Å². The van der Waals surface area contributed by atoms with Crippen molar-refractivity contribution in [3.05, 3.63) is 59.7 Å². The van der Waals surface area contributed by atoms with Gasteiger partial charge in [-0.1, -0.05) is 12.1 Å². The first-order valence-electron chi connectivity index (χ1n) is 8.21. The van der Waals surface area contributed by atoms with Gasteiger partial charge in [-0.25, -0.2) is 18.9 Å². The third-order valence-electron chi connectivity index (χ3n) is 4.04. The van der Waals surface area contributed by atoms with Gasteiger partial charge in [-0.3, -0.25) is 4.79 Å². The number of imidazole rings is 1. The molecule has 0 bridgehead atoms. The first kappa shape index (κ1) is 17.7. The molecule has 5 nitrogen and oxygen atoms in total. The Balaban J connectivity index is 1.39. The van der Waals surface area contributed by atoms with Crippen LogP contribution in [0.25, 0.3) is 22.3 Å². The zero-order chi connectivity index (χ0) is 18.8. The van der Waals surface area contributed by atoms with Crippen LogP contribution < -0.4 is 9.88 Å². The van der Waals surface area contributed by atoms with Crippen molar-refractivity contribution in [1.29, 1.82) is 0 Å². The summed E-state index contributed by atoms with van der Waals surface area (Å²) in [6.07, 6.45) is 0. The molecule has 27 heavy (non-hydrogen) atoms. The number of para-hydroxylation sites is 2. The number of nitrogens with zero attached hydrogens (tertiary/aromatic N) is 2. The molecule has 8 heteroatoms. The first-order chi connectivity index (χ1) is 13.1. The number of hydrogen-bond acceptors (Lipinski definition) is 4. The van der Waals surface area contributed by atoms with Crippen molar-refractivity contribution >= 4 is 45.2 Å². The Hall–Kier alpha value is -2.71. The highest BCUT2D eigenvalue weighted by Crippen LogP contribution is 2.25. The highest BCUT2D eigenvalue weighted by Gasteiger charge is 2.17. The van der Waals surface area contributed by atoms with E-state index < -0.39 is 0 Å². The summed E-state index contributed by atoms with van der Waals surface area (Å²) in [5.74, 6) is -0.144. The molecule has 4 rings (SSSR count). The van der Waals surface area contributed by atoms with Gasteiger partial charge in [0.2, 0.25) is 5.91 Å². The number of thiazole rings is 1. The van der Waals surface area contributed by atoms with Crippen molar-refractivity contribution in [2.75, 3.05) is 11.1 Å². The first-order valence-corrected chi connectivity index (χ1v) is 10.1. The summed E-state index contributed by atoms with van der Waals surface area (Å²) in [6, 6.07) is 14.1. The van der Waals surface area contributed by atoms with Crippen LogP contribution in [-0.2, 0) is 11.8 Å². The van der Waals surface area contributed by atoms with E-state index >= 15 is 0 Å². The minimum atomic E-state index is -0.287. The van der Waals surface area contributed by atoms with Crippen LogP contribution in [0.15, 0.2) is 59.1 Å². The lowest BCUT2D eigenvalue weighted by molar-refractivity contribution is -0.683. The Bertz CT molecular complexity index is 1100. The SMILES string of the molecule is C[n+]1c(SCC(=O)Nc2nc(-c3ccc(F)cc3)cs2)[nH]c2ccccc21. The highest BCUT2D eigenvalue weighted by molar-refractivity contribution is 7.99. The third kappa shape index (κ3) is 3.86. The number of benzene rings is 2. The number of aryl methyl sites for hydroxylation is 1. The molecule has 1 amide bonds. The molecule has 2 heterocycles. The number of carbonyl (C=O) groups is 1. The van der Waals surface area contributed by atoms with E-state index in [1.807, 2.05) is 41.3 Å². The zero-order valence-corrected chi connectivity index (χ0v) is 16.0. The third-order valence-corrected chi connectivity index (χ3v) is 5.86. The Morgan fingerprint density at radius 1 is 1.26 bits per heavy atom. The molecular weight excluding hydrogens is 383 g/mol. The number of carbonyl (C=O) groups excluding carboxylic acids is 1. The van der Waals surface area contributed by atoms with Crippen molar-refractivity contribution in [3.63, 3.8) is 0 Å². The number of H-pyrrole nitrogens is 1. The maximum atomic E-state index is 13.0. The van der Waals surface area contributed by atoms with Crippen LogP contribution in [0, 0.1) is 5.82 Å². The van der Waals surface area contributed by atoms with Crippen LogP contribution in [0.4, 0.5) is 9.52 Å². The number of anilines is 1. The topological polar surface area (TPSA) is 61.7 Å². The molecule has 0 radical (unpaired) electrons. The van der Waals surface area contributed by atoms with Gasteiger partial charge in [0.05, 0.1) is 18.5 Å². The number of halogens is 1. The van der Waals surface area contributed by atoms with Gasteiger partial charge >= 0.3 is 5.16 Å². The van der Waals surface area contributed by atoms with Gasteiger partial charge < -0.3 is 5.32 Å². The van der Waals surface area contributed by atoms with Crippen LogP contribution in [0.2, 0.25) is 0 Å². The normalized spacial score (nSPS) is 11.0. The van der Waals surface area contributed by atoms with E-state index in [1.54, 1.807) is 12.1 Å². The second kappa shape index (κ2) is 7.50. The number of rotatable bonds is 5. The average Bonchev–Trinajstić information content (AvgIpc) is 3.26. The molecule has 0 saturated heterocycles. The summed E-state index contributed by atoms with van der Waals surface area (Å²) in [5.41, 5.74) is 3.65. The molecule has 136 valence electrons. The quantitative estimate of drug-likeness (QED) is 0.394. The van der Waals surface area contributed by atoms with Crippen LogP contribution in [-0.4, -0.2) is 21.6 Å². The number of amides is 1. The summed E-state index contributed by atoms with van der Waals surface area (Å²) in [5, 5.41) is 6.10. The van der Waals surface area contributed by atoms with Gasteiger partial charge in [0.25, 0.3) is 0 Å². The van der Waals surface area contributed by atoms with E-state index in [2.05, 4.69) is 15.3 Å². The fraction of sp³-hybridized carbons (Fsp3) is 0.105. The molecule has 0 fully saturated rings. The van der Waals surface area contributed by atoms with E-state index in [1.165, 1.54) is 35.2 Å². The Kier molecular flexibility index (Phi) is 4.91. The fourth-order valence-corrected chi connectivity index (χ4v) is 4.24. The van der Waals surface area contributed by atoms with E-state index in [-0.39, 0.29) is 17.5 Å². The van der Waals surface area contributed by atoms with Gasteiger partial charge in [-0.05, 0) is 48.2 Å². The van der Waals surface area contributed by atoms with E-state index in [0.717, 1.165) is 21.8 Å². The Labute approximate surface area is 163 Å². The number of fused-ring (bicyclic) bond motifs is 1. The number of aromatic amines is 1. The van der Waals surface area contributed by atoms with Gasteiger partial charge in [-0.15, -0.1) is 11.3 Å². The van der Waals surface area contributed by atoms with Crippen molar-refractivity contribution in [1.82, 2.24) is 9.97 Å². The lowest BCUT2D eigenvalue weighted by Gasteiger charge is -2.00. The maximum Gasteiger partial charge on any atom is 0.317 e. The van der Waals surface area contributed by atoms with Crippen molar-refractivity contribution in [2.24, 2.45) is 7.05 Å². The minimum absolute atomic E-state index is 0.126. The maximum absolute atomic E-state index is 13.0. The molecule has 0 unspecified atom stereocenters. The number of nitrogens with one attached hydrogen (secondary N) is 2. The van der Waals surface area contributed by atoms with Crippen molar-refractivity contribution < 1.29 is 13.8 Å². The molecule has 2 aromatic carbocycles. The van der Waals surface area contributed by atoms with Crippen LogP contribution in [0.3, 0.4) is 0 Å². The van der Waals surface area contributed by atoms with Gasteiger partial charge in [0, 0.05) is 10.9 Å². The van der Waals surface area contributed by atoms with E-state index in [4.69, 9.17) is 0 Å².